The average Bonchev–Trinajstić information content (AvgIpc) is 2.99. The van der Waals surface area contributed by atoms with E-state index in [1.165, 1.54) is 4.90 Å². The van der Waals surface area contributed by atoms with Crippen molar-refractivity contribution in [2.24, 2.45) is 0 Å². The van der Waals surface area contributed by atoms with Crippen LogP contribution in [0.3, 0.4) is 0 Å². The number of imide groups is 1. The summed E-state index contributed by atoms with van der Waals surface area (Å²) in [5.74, 6) is 0.179. The van der Waals surface area contributed by atoms with Gasteiger partial charge in [0.25, 0.3) is 11.8 Å². The van der Waals surface area contributed by atoms with Crippen LogP contribution in [0.25, 0.3) is 5.57 Å². The topological polar surface area (TPSA) is 69.6 Å². The first-order valence-corrected chi connectivity index (χ1v) is 10.1. The van der Waals surface area contributed by atoms with Gasteiger partial charge >= 0.3 is 0 Å². The molecule has 1 saturated heterocycles. The van der Waals surface area contributed by atoms with Crippen molar-refractivity contribution in [2.45, 2.75) is 13.8 Å². The molecule has 7 nitrogen and oxygen atoms in total. The largest absolute Gasteiger partial charge is 0.363 e. The number of carbonyl (C=O) groups is 2. The van der Waals surface area contributed by atoms with E-state index in [2.05, 4.69) is 21.4 Å². The smallest absolute Gasteiger partial charge is 0.278 e. The molecule has 1 aromatic carbocycles. The predicted molar refractivity (Wildman–Crippen MR) is 116 cm³/mol. The molecule has 1 fully saturated rings. The van der Waals surface area contributed by atoms with E-state index in [1.54, 1.807) is 24.5 Å². The lowest BCUT2D eigenvalue weighted by molar-refractivity contribution is -0.136. The molecule has 1 aromatic heterocycles. The Morgan fingerprint density at radius 1 is 1.00 bits per heavy atom. The Morgan fingerprint density at radius 3 is 2.30 bits per heavy atom. The molecular weight excluding hydrogens is 378 g/mol. The second-order valence-electron chi connectivity index (χ2n) is 7.57. The molecule has 2 aliphatic heterocycles. The van der Waals surface area contributed by atoms with Gasteiger partial charge in [0.2, 0.25) is 5.95 Å². The van der Waals surface area contributed by atoms with Gasteiger partial charge in [0.15, 0.2) is 0 Å². The van der Waals surface area contributed by atoms with Crippen LogP contribution in [0.4, 0.5) is 5.95 Å². The van der Waals surface area contributed by atoms with E-state index in [1.807, 2.05) is 36.9 Å². The summed E-state index contributed by atoms with van der Waals surface area (Å²) >= 11 is 0. The van der Waals surface area contributed by atoms with E-state index in [4.69, 9.17) is 0 Å². The Labute approximate surface area is 176 Å². The van der Waals surface area contributed by atoms with Crippen molar-refractivity contribution in [2.75, 3.05) is 37.6 Å². The summed E-state index contributed by atoms with van der Waals surface area (Å²) < 4.78 is 0. The number of hydrogen-bond acceptors (Lipinski definition) is 6. The second kappa shape index (κ2) is 8.10. The van der Waals surface area contributed by atoms with Gasteiger partial charge in [0.1, 0.15) is 5.70 Å². The molecule has 0 aliphatic carbocycles. The van der Waals surface area contributed by atoms with Gasteiger partial charge in [-0.2, -0.15) is 0 Å². The zero-order valence-electron chi connectivity index (χ0n) is 17.3. The zero-order valence-corrected chi connectivity index (χ0v) is 17.3. The third-order valence-corrected chi connectivity index (χ3v) is 5.54. The molecule has 0 N–H and O–H groups in total. The summed E-state index contributed by atoms with van der Waals surface area (Å²) in [4.78, 5) is 40.5. The first kappa shape index (κ1) is 19.8. The quantitative estimate of drug-likeness (QED) is 0.563. The van der Waals surface area contributed by atoms with Crippen LogP contribution >= 0.6 is 0 Å². The van der Waals surface area contributed by atoms with Crippen LogP contribution in [0.1, 0.15) is 16.7 Å². The van der Waals surface area contributed by atoms with Crippen molar-refractivity contribution in [3.05, 3.63) is 71.7 Å². The van der Waals surface area contributed by atoms with E-state index in [9.17, 15) is 9.59 Å². The molecule has 30 heavy (non-hydrogen) atoms. The van der Waals surface area contributed by atoms with Crippen molar-refractivity contribution in [1.82, 2.24) is 19.8 Å². The van der Waals surface area contributed by atoms with Gasteiger partial charge in [-0.15, -0.1) is 6.58 Å². The second-order valence-corrected chi connectivity index (χ2v) is 7.57. The van der Waals surface area contributed by atoms with Gasteiger partial charge < -0.3 is 9.80 Å². The Morgan fingerprint density at radius 2 is 1.67 bits per heavy atom. The molecule has 0 radical (unpaired) electrons. The molecule has 0 atom stereocenters. The number of amides is 2. The van der Waals surface area contributed by atoms with Gasteiger partial charge in [-0.1, -0.05) is 29.8 Å². The van der Waals surface area contributed by atoms with Gasteiger partial charge in [0, 0.05) is 45.1 Å². The highest BCUT2D eigenvalue weighted by molar-refractivity contribution is 6.35. The molecule has 2 amide bonds. The molecule has 0 spiro atoms. The number of nitrogens with zero attached hydrogens (tertiary/aromatic N) is 5. The Bertz CT molecular complexity index is 1020. The lowest BCUT2D eigenvalue weighted by atomic mass is 9.97. The van der Waals surface area contributed by atoms with Crippen LogP contribution in [0, 0.1) is 13.8 Å². The highest BCUT2D eigenvalue weighted by Crippen LogP contribution is 2.34. The highest BCUT2D eigenvalue weighted by atomic mass is 16.2. The first-order valence-electron chi connectivity index (χ1n) is 10.1. The Balaban J connectivity index is 1.68. The van der Waals surface area contributed by atoms with Gasteiger partial charge in [0.05, 0.1) is 5.57 Å². The summed E-state index contributed by atoms with van der Waals surface area (Å²) in [5, 5.41) is 0. The Hall–Kier alpha value is -3.48. The number of aryl methyl sites for hydroxylation is 2. The number of aromatic nitrogens is 2. The molecule has 0 unspecified atom stereocenters. The normalized spacial score (nSPS) is 17.2. The van der Waals surface area contributed by atoms with Gasteiger partial charge in [-0.25, -0.2) is 9.97 Å². The predicted octanol–water partition coefficient (Wildman–Crippen LogP) is 2.18. The number of benzene rings is 1. The third kappa shape index (κ3) is 3.47. The lowest BCUT2D eigenvalue weighted by Crippen LogP contribution is -2.48. The molecule has 4 rings (SSSR count). The summed E-state index contributed by atoms with van der Waals surface area (Å²) in [7, 11) is 0. The minimum absolute atomic E-state index is 0.202. The number of rotatable bonds is 5. The maximum absolute atomic E-state index is 13.2. The zero-order chi connectivity index (χ0) is 21.3. The fourth-order valence-electron chi connectivity index (χ4n) is 4.07. The van der Waals surface area contributed by atoms with Crippen LogP contribution in [0.2, 0.25) is 0 Å². The van der Waals surface area contributed by atoms with Crippen molar-refractivity contribution in [3.63, 3.8) is 0 Å². The number of anilines is 1. The van der Waals surface area contributed by atoms with Crippen LogP contribution in [-0.4, -0.2) is 64.3 Å². The molecule has 7 heteroatoms. The van der Waals surface area contributed by atoms with Gasteiger partial charge in [-0.3, -0.25) is 14.5 Å². The molecule has 2 aliphatic rings. The van der Waals surface area contributed by atoms with Crippen molar-refractivity contribution >= 4 is 23.3 Å². The lowest BCUT2D eigenvalue weighted by Gasteiger charge is -2.36. The number of piperazine rings is 1. The van der Waals surface area contributed by atoms with Crippen LogP contribution < -0.4 is 4.90 Å². The highest BCUT2D eigenvalue weighted by Gasteiger charge is 2.42. The number of hydrogen-bond donors (Lipinski definition) is 0. The fraction of sp³-hybridized carbons (Fsp3) is 0.304. The van der Waals surface area contributed by atoms with Crippen LogP contribution in [-0.2, 0) is 9.59 Å². The average molecular weight is 403 g/mol. The summed E-state index contributed by atoms with van der Waals surface area (Å²) in [5.41, 5.74) is 3.90. The summed E-state index contributed by atoms with van der Waals surface area (Å²) in [6.07, 6.45) is 5.03. The first-order chi connectivity index (χ1) is 14.5. The van der Waals surface area contributed by atoms with E-state index in [-0.39, 0.29) is 18.4 Å². The van der Waals surface area contributed by atoms with Crippen LogP contribution in [0.5, 0.6) is 0 Å². The van der Waals surface area contributed by atoms with Crippen molar-refractivity contribution in [1.29, 1.82) is 0 Å². The molecule has 0 saturated carbocycles. The maximum Gasteiger partial charge on any atom is 0.278 e. The SMILES string of the molecule is C=CCN1C(=O)C(c2ccc(C)cc2C)=C(N2CCN(c3ncccn3)CC2)C1=O. The van der Waals surface area contributed by atoms with Crippen molar-refractivity contribution in [3.8, 4) is 0 Å². The minimum Gasteiger partial charge on any atom is -0.363 e. The fourth-order valence-corrected chi connectivity index (χ4v) is 4.07. The molecular formula is C23H25N5O2. The molecule has 2 aromatic rings. The van der Waals surface area contributed by atoms with Gasteiger partial charge in [-0.05, 0) is 31.0 Å². The summed E-state index contributed by atoms with van der Waals surface area (Å²) in [6.45, 7) is 10.5. The molecule has 0 bridgehead atoms. The molecule has 3 heterocycles. The molecule has 154 valence electrons. The van der Waals surface area contributed by atoms with E-state index < -0.39 is 0 Å². The standard InChI is InChI=1S/C23H25N5O2/c1-4-10-28-21(29)19(18-7-6-16(2)15-17(18)3)20(22(28)30)26-11-13-27(14-12-26)23-24-8-5-9-25-23/h4-9,15H,1,10-14H2,2-3H3. The number of carbonyl (C=O) groups excluding carboxylic acids is 2. The third-order valence-electron chi connectivity index (χ3n) is 5.54. The summed E-state index contributed by atoms with van der Waals surface area (Å²) in [6, 6.07) is 7.75. The van der Waals surface area contributed by atoms with E-state index >= 15 is 0 Å². The monoisotopic (exact) mass is 403 g/mol. The van der Waals surface area contributed by atoms with Crippen molar-refractivity contribution < 1.29 is 9.59 Å². The maximum atomic E-state index is 13.2. The minimum atomic E-state index is -0.254. The van der Waals surface area contributed by atoms with Crippen LogP contribution in [0.15, 0.2) is 55.0 Å². The van der Waals surface area contributed by atoms with E-state index in [0.717, 1.165) is 16.7 Å². The Kier molecular flexibility index (Phi) is 5.35. The van der Waals surface area contributed by atoms with E-state index in [0.29, 0.717) is 43.4 Å².